The van der Waals surface area contributed by atoms with E-state index in [0.717, 1.165) is 13.2 Å². The fourth-order valence-electron chi connectivity index (χ4n) is 1.15. The van der Waals surface area contributed by atoms with Crippen LogP contribution in [-0.2, 0) is 4.74 Å². The lowest BCUT2D eigenvalue weighted by Crippen LogP contribution is -2.08. The molecule has 0 saturated carbocycles. The van der Waals surface area contributed by atoms with E-state index in [4.69, 9.17) is 0 Å². The molecule has 1 rings (SSSR count). The third-order valence-corrected chi connectivity index (χ3v) is 1.86. The van der Waals surface area contributed by atoms with Gasteiger partial charge in [-0.15, -0.1) is 0 Å². The van der Waals surface area contributed by atoms with Crippen molar-refractivity contribution in [1.82, 2.24) is 0 Å². The molecular weight excluding hydrogens is 225 g/mol. The molecule has 0 aromatic heterocycles. The average Bonchev–Trinajstić information content (AvgIpc) is 2.22. The summed E-state index contributed by atoms with van der Waals surface area (Å²) in [6.07, 6.45) is 0. The van der Waals surface area contributed by atoms with Crippen LogP contribution < -0.4 is 4.74 Å². The fourth-order valence-corrected chi connectivity index (χ4v) is 1.15. The van der Waals surface area contributed by atoms with Crippen molar-refractivity contribution in [3.63, 3.8) is 0 Å². The Hall–Kier alpha value is -1.72. The van der Waals surface area contributed by atoms with E-state index < -0.39 is 24.1 Å². The summed E-state index contributed by atoms with van der Waals surface area (Å²) >= 11 is 0. The van der Waals surface area contributed by atoms with Crippen LogP contribution in [-0.4, -0.2) is 19.7 Å². The Kier molecular flexibility index (Phi) is 3.76. The predicted molar refractivity (Wildman–Crippen MR) is 49.1 cm³/mol. The minimum absolute atomic E-state index is 0.0264. The van der Waals surface area contributed by atoms with Gasteiger partial charge in [0.15, 0.2) is 11.6 Å². The van der Waals surface area contributed by atoms with E-state index in [0.29, 0.717) is 0 Å². The molecule has 0 fully saturated rings. The zero-order valence-corrected chi connectivity index (χ0v) is 8.59. The van der Waals surface area contributed by atoms with Gasteiger partial charge in [-0.05, 0) is 24.6 Å². The molecule has 0 aliphatic rings. The lowest BCUT2D eigenvalue weighted by atomic mass is 10.1. The van der Waals surface area contributed by atoms with Crippen molar-refractivity contribution < 1.29 is 27.4 Å². The second-order valence-corrected chi connectivity index (χ2v) is 2.98. The van der Waals surface area contributed by atoms with Gasteiger partial charge in [0.05, 0.1) is 12.7 Å². The molecule has 0 spiro atoms. The first-order chi connectivity index (χ1) is 7.45. The van der Waals surface area contributed by atoms with Gasteiger partial charge in [-0.2, -0.15) is 8.78 Å². The molecule has 0 N–H and O–H groups in total. The van der Waals surface area contributed by atoms with Crippen molar-refractivity contribution in [2.24, 2.45) is 0 Å². The normalized spacial score (nSPS) is 10.4. The predicted octanol–water partition coefficient (Wildman–Crippen LogP) is 2.52. The summed E-state index contributed by atoms with van der Waals surface area (Å²) in [6, 6.07) is 2.07. The minimum Gasteiger partial charge on any atom is -0.465 e. The number of carbonyl (C=O) groups excluding carboxylic acids is 1. The van der Waals surface area contributed by atoms with Crippen LogP contribution in [0.4, 0.5) is 13.2 Å². The van der Waals surface area contributed by atoms with E-state index in [2.05, 4.69) is 9.47 Å². The van der Waals surface area contributed by atoms with E-state index in [1.807, 2.05) is 0 Å². The van der Waals surface area contributed by atoms with E-state index in [-0.39, 0.29) is 11.1 Å². The van der Waals surface area contributed by atoms with Crippen molar-refractivity contribution in [1.29, 1.82) is 0 Å². The number of methoxy groups -OCH3 is 1. The number of rotatable bonds is 3. The molecule has 0 bridgehead atoms. The maximum absolute atomic E-state index is 13.3. The van der Waals surface area contributed by atoms with Gasteiger partial charge in [-0.3, -0.25) is 0 Å². The number of halogens is 3. The molecule has 0 aliphatic heterocycles. The summed E-state index contributed by atoms with van der Waals surface area (Å²) in [7, 11) is 1.13. The molecule has 1 aromatic rings. The standard InChI is InChI=1S/C10H9F3O3/c1-5-3-6(9(14)15-2)4-7(8(5)11)16-10(12)13/h3-4,10H,1-2H3. The Balaban J connectivity index is 3.16. The summed E-state index contributed by atoms with van der Waals surface area (Å²) in [5.74, 6) is -2.34. The Morgan fingerprint density at radius 2 is 2.00 bits per heavy atom. The maximum Gasteiger partial charge on any atom is 0.387 e. The molecule has 3 nitrogen and oxygen atoms in total. The Bertz CT molecular complexity index is 405. The number of hydrogen-bond acceptors (Lipinski definition) is 3. The van der Waals surface area contributed by atoms with E-state index in [9.17, 15) is 18.0 Å². The Morgan fingerprint density at radius 3 is 2.50 bits per heavy atom. The van der Waals surface area contributed by atoms with E-state index in [1.165, 1.54) is 13.0 Å². The number of alkyl halides is 2. The summed E-state index contributed by atoms with van der Waals surface area (Å²) in [6.45, 7) is -1.82. The van der Waals surface area contributed by atoms with Crippen LogP contribution in [0.3, 0.4) is 0 Å². The largest absolute Gasteiger partial charge is 0.465 e. The van der Waals surface area contributed by atoms with Crippen LogP contribution in [0.1, 0.15) is 15.9 Å². The van der Waals surface area contributed by atoms with Gasteiger partial charge in [0.1, 0.15) is 0 Å². The van der Waals surface area contributed by atoms with Crippen molar-refractivity contribution in [2.45, 2.75) is 13.5 Å². The van der Waals surface area contributed by atoms with E-state index >= 15 is 0 Å². The van der Waals surface area contributed by atoms with Gasteiger partial charge in [0.25, 0.3) is 0 Å². The lowest BCUT2D eigenvalue weighted by molar-refractivity contribution is -0.0523. The number of hydrogen-bond donors (Lipinski definition) is 0. The second-order valence-electron chi connectivity index (χ2n) is 2.98. The third kappa shape index (κ3) is 2.65. The van der Waals surface area contributed by atoms with Crippen LogP contribution in [0.2, 0.25) is 0 Å². The number of aryl methyl sites for hydroxylation is 1. The highest BCUT2D eigenvalue weighted by Gasteiger charge is 2.16. The summed E-state index contributed by atoms with van der Waals surface area (Å²) in [5.41, 5.74) is -0.0180. The van der Waals surface area contributed by atoms with Crippen molar-refractivity contribution in [2.75, 3.05) is 7.11 Å². The van der Waals surface area contributed by atoms with Crippen LogP contribution >= 0.6 is 0 Å². The highest BCUT2D eigenvalue weighted by Crippen LogP contribution is 2.24. The van der Waals surface area contributed by atoms with Gasteiger partial charge >= 0.3 is 12.6 Å². The second kappa shape index (κ2) is 4.87. The molecule has 0 saturated heterocycles. The first-order valence-electron chi connectivity index (χ1n) is 4.29. The summed E-state index contributed by atoms with van der Waals surface area (Å²) < 4.78 is 45.5. The third-order valence-electron chi connectivity index (χ3n) is 1.86. The molecule has 88 valence electrons. The van der Waals surface area contributed by atoms with Crippen LogP contribution in [0.25, 0.3) is 0 Å². The van der Waals surface area contributed by atoms with Crippen LogP contribution in [0.5, 0.6) is 5.75 Å². The lowest BCUT2D eigenvalue weighted by Gasteiger charge is -2.09. The molecule has 0 heterocycles. The average molecular weight is 234 g/mol. The first kappa shape index (κ1) is 12.4. The Labute approximate surface area is 89.8 Å². The van der Waals surface area contributed by atoms with Gasteiger partial charge in [-0.25, -0.2) is 9.18 Å². The monoisotopic (exact) mass is 234 g/mol. The summed E-state index contributed by atoms with van der Waals surface area (Å²) in [5, 5.41) is 0. The molecule has 0 radical (unpaired) electrons. The summed E-state index contributed by atoms with van der Waals surface area (Å²) in [4.78, 5) is 11.1. The molecule has 0 unspecified atom stereocenters. The number of ether oxygens (including phenoxy) is 2. The SMILES string of the molecule is COC(=O)c1cc(C)c(F)c(OC(F)F)c1. The maximum atomic E-state index is 13.3. The fraction of sp³-hybridized carbons (Fsp3) is 0.300. The molecule has 6 heteroatoms. The molecule has 16 heavy (non-hydrogen) atoms. The van der Waals surface area contributed by atoms with Crippen LogP contribution in [0, 0.1) is 12.7 Å². The van der Waals surface area contributed by atoms with Crippen molar-refractivity contribution in [3.05, 3.63) is 29.1 Å². The topological polar surface area (TPSA) is 35.5 Å². The quantitative estimate of drug-likeness (QED) is 0.754. The molecule has 0 amide bonds. The highest BCUT2D eigenvalue weighted by atomic mass is 19.3. The smallest absolute Gasteiger partial charge is 0.387 e. The Morgan fingerprint density at radius 1 is 1.38 bits per heavy atom. The number of benzene rings is 1. The highest BCUT2D eigenvalue weighted by molar-refractivity contribution is 5.90. The zero-order chi connectivity index (χ0) is 12.3. The number of esters is 1. The van der Waals surface area contributed by atoms with Gasteiger partial charge < -0.3 is 9.47 Å². The van der Waals surface area contributed by atoms with Crippen LogP contribution in [0.15, 0.2) is 12.1 Å². The van der Waals surface area contributed by atoms with Gasteiger partial charge in [0, 0.05) is 0 Å². The van der Waals surface area contributed by atoms with Crippen molar-refractivity contribution in [3.8, 4) is 5.75 Å². The van der Waals surface area contributed by atoms with Crippen molar-refractivity contribution >= 4 is 5.97 Å². The van der Waals surface area contributed by atoms with Gasteiger partial charge in [-0.1, -0.05) is 0 Å². The molecular formula is C10H9F3O3. The van der Waals surface area contributed by atoms with Gasteiger partial charge in [0.2, 0.25) is 0 Å². The zero-order valence-electron chi connectivity index (χ0n) is 8.59. The molecule has 1 aromatic carbocycles. The number of carbonyl (C=O) groups is 1. The molecule has 0 atom stereocenters. The van der Waals surface area contributed by atoms with E-state index in [1.54, 1.807) is 0 Å². The molecule has 0 aliphatic carbocycles. The minimum atomic E-state index is -3.15. The first-order valence-corrected chi connectivity index (χ1v) is 4.29.